The van der Waals surface area contributed by atoms with Crippen molar-refractivity contribution in [2.24, 2.45) is 5.92 Å². The summed E-state index contributed by atoms with van der Waals surface area (Å²) >= 11 is 0. The zero-order valence-corrected chi connectivity index (χ0v) is 17.0. The van der Waals surface area contributed by atoms with E-state index in [9.17, 15) is 23.1 Å². The number of alkyl halides is 3. The Balaban J connectivity index is 1.32. The molecule has 0 aromatic heterocycles. The van der Waals surface area contributed by atoms with Gasteiger partial charge in [-0.05, 0) is 50.6 Å². The predicted molar refractivity (Wildman–Crippen MR) is 105 cm³/mol. The van der Waals surface area contributed by atoms with Crippen molar-refractivity contribution in [3.63, 3.8) is 0 Å². The maximum Gasteiger partial charge on any atom is 0.417 e. The van der Waals surface area contributed by atoms with Crippen LogP contribution in [0.3, 0.4) is 0 Å². The van der Waals surface area contributed by atoms with Crippen molar-refractivity contribution in [3.8, 4) is 0 Å². The van der Waals surface area contributed by atoms with Crippen LogP contribution in [0.4, 0.5) is 13.2 Å². The van der Waals surface area contributed by atoms with E-state index in [-0.39, 0.29) is 49.1 Å². The molecule has 1 saturated carbocycles. The van der Waals surface area contributed by atoms with Crippen LogP contribution in [0.5, 0.6) is 0 Å². The minimum absolute atomic E-state index is 0.0805. The maximum atomic E-state index is 13.0. The van der Waals surface area contributed by atoms with Crippen LogP contribution in [0, 0.1) is 5.92 Å². The molecule has 5 nitrogen and oxygen atoms in total. The number of amides is 1. The Kier molecular flexibility index (Phi) is 5.85. The number of piperidine rings is 1. The number of hydrogen-bond acceptors (Lipinski definition) is 4. The fourth-order valence-corrected chi connectivity index (χ4v) is 4.99. The molecule has 8 heteroatoms. The third-order valence-corrected chi connectivity index (χ3v) is 7.06. The monoisotopic (exact) mass is 426 g/mol. The van der Waals surface area contributed by atoms with Crippen LogP contribution in [0.1, 0.15) is 44.1 Å². The molecule has 1 atom stereocenters. The Morgan fingerprint density at radius 2 is 1.83 bits per heavy atom. The molecular weight excluding hydrogens is 397 g/mol. The number of aliphatic hydroxyl groups is 1. The smallest absolute Gasteiger partial charge is 0.380 e. The molecule has 4 rings (SSSR count). The molecule has 3 aliphatic rings. The Bertz CT molecular complexity index is 744. The van der Waals surface area contributed by atoms with Gasteiger partial charge in [0.15, 0.2) is 5.60 Å². The first-order valence-corrected chi connectivity index (χ1v) is 10.7. The average Bonchev–Trinajstić information content (AvgIpc) is 2.69. The summed E-state index contributed by atoms with van der Waals surface area (Å²) in [6.45, 7) is 2.81. The third-order valence-electron chi connectivity index (χ3n) is 7.06. The predicted octanol–water partition coefficient (Wildman–Crippen LogP) is 3.02. The third kappa shape index (κ3) is 4.22. The molecule has 1 spiro atoms. The first-order valence-electron chi connectivity index (χ1n) is 10.7. The van der Waals surface area contributed by atoms with Gasteiger partial charge in [0.1, 0.15) is 0 Å². The first kappa shape index (κ1) is 21.6. The highest BCUT2D eigenvalue weighted by Crippen LogP contribution is 2.42. The molecule has 3 fully saturated rings. The second-order valence-corrected chi connectivity index (χ2v) is 9.13. The van der Waals surface area contributed by atoms with Gasteiger partial charge in [0.25, 0.3) is 0 Å². The lowest BCUT2D eigenvalue weighted by molar-refractivity contribution is -0.270. The van der Waals surface area contributed by atoms with Crippen LogP contribution in [0.15, 0.2) is 30.3 Å². The zero-order chi connectivity index (χ0) is 21.4. The van der Waals surface area contributed by atoms with E-state index < -0.39 is 11.8 Å². The van der Waals surface area contributed by atoms with E-state index in [4.69, 9.17) is 4.74 Å². The van der Waals surface area contributed by atoms with Gasteiger partial charge < -0.3 is 15.2 Å². The molecule has 2 heterocycles. The summed E-state index contributed by atoms with van der Waals surface area (Å²) in [6.07, 6.45) is -3.65. The van der Waals surface area contributed by atoms with Gasteiger partial charge in [-0.15, -0.1) is 0 Å². The summed E-state index contributed by atoms with van der Waals surface area (Å²) < 4.78 is 44.4. The molecule has 0 radical (unpaired) electrons. The van der Waals surface area contributed by atoms with Gasteiger partial charge in [-0.1, -0.05) is 30.3 Å². The molecule has 1 aliphatic carbocycles. The summed E-state index contributed by atoms with van der Waals surface area (Å²) in [4.78, 5) is 15.3. The minimum atomic E-state index is -4.62. The van der Waals surface area contributed by atoms with E-state index in [1.165, 1.54) is 5.56 Å². The van der Waals surface area contributed by atoms with Crippen molar-refractivity contribution in [1.29, 1.82) is 0 Å². The van der Waals surface area contributed by atoms with E-state index in [2.05, 4.69) is 22.3 Å². The number of benzene rings is 1. The van der Waals surface area contributed by atoms with E-state index in [0.717, 1.165) is 19.5 Å². The van der Waals surface area contributed by atoms with Gasteiger partial charge in [-0.25, -0.2) is 0 Å². The number of halogens is 3. The van der Waals surface area contributed by atoms with Crippen molar-refractivity contribution in [2.75, 3.05) is 19.8 Å². The van der Waals surface area contributed by atoms with E-state index in [0.29, 0.717) is 19.6 Å². The average molecular weight is 426 g/mol. The molecule has 166 valence electrons. The van der Waals surface area contributed by atoms with Crippen LogP contribution in [-0.2, 0) is 16.1 Å². The van der Waals surface area contributed by atoms with Gasteiger partial charge >= 0.3 is 6.18 Å². The number of rotatable bonds is 4. The summed E-state index contributed by atoms with van der Waals surface area (Å²) in [5.41, 5.74) is -1.53. The maximum absolute atomic E-state index is 13.0. The minimum Gasteiger partial charge on any atom is -0.380 e. The molecule has 1 aromatic rings. The molecule has 1 aromatic carbocycles. The number of hydrogen-bond donors (Lipinski definition) is 2. The summed E-state index contributed by atoms with van der Waals surface area (Å²) in [7, 11) is 0. The molecule has 1 unspecified atom stereocenters. The molecule has 30 heavy (non-hydrogen) atoms. The molecule has 2 saturated heterocycles. The van der Waals surface area contributed by atoms with Crippen molar-refractivity contribution in [3.05, 3.63) is 35.9 Å². The number of likely N-dealkylation sites (tertiary alicyclic amines) is 1. The molecule has 2 N–H and O–H groups in total. The van der Waals surface area contributed by atoms with Gasteiger partial charge in [0.05, 0.1) is 18.8 Å². The standard InChI is InChI=1S/C22H29F3N2O3/c23-22(24,25)21(29)9-6-18(7-10-21)26-19(28)17-8-11-27(20(12-17)14-30-15-20)13-16-4-2-1-3-5-16/h1-5,17-18,29H,6-15H2,(H,26,28)/t17?,18-,21-. The normalized spacial score (nSPS) is 31.9. The van der Waals surface area contributed by atoms with Crippen LogP contribution < -0.4 is 5.32 Å². The van der Waals surface area contributed by atoms with Crippen molar-refractivity contribution < 1.29 is 27.8 Å². The number of carbonyl (C=O) groups excluding carboxylic acids is 1. The SMILES string of the molecule is O=C(N[C@H]1CC[C@@](O)(C(F)(F)F)CC1)C1CCN(Cc2ccccc2)C2(COC2)C1. The molecular formula is C22H29F3N2O3. The highest BCUT2D eigenvalue weighted by molar-refractivity contribution is 5.79. The number of nitrogens with one attached hydrogen (secondary N) is 1. The first-order chi connectivity index (χ1) is 14.2. The number of nitrogens with zero attached hydrogens (tertiary/aromatic N) is 1. The molecule has 0 bridgehead atoms. The van der Waals surface area contributed by atoms with Crippen LogP contribution >= 0.6 is 0 Å². The lowest BCUT2D eigenvalue weighted by Gasteiger charge is -2.54. The largest absolute Gasteiger partial charge is 0.417 e. The Hall–Kier alpha value is -1.64. The second-order valence-electron chi connectivity index (χ2n) is 9.13. The lowest BCUT2D eigenvalue weighted by Crippen LogP contribution is -2.66. The second kappa shape index (κ2) is 8.13. The highest BCUT2D eigenvalue weighted by Gasteiger charge is 2.55. The van der Waals surface area contributed by atoms with Crippen LogP contribution in [-0.4, -0.2) is 59.0 Å². The van der Waals surface area contributed by atoms with Crippen LogP contribution in [0.25, 0.3) is 0 Å². The van der Waals surface area contributed by atoms with Gasteiger partial charge in [-0.2, -0.15) is 13.2 Å². The Morgan fingerprint density at radius 3 is 2.40 bits per heavy atom. The lowest BCUT2D eigenvalue weighted by atomic mass is 9.77. The fraction of sp³-hybridized carbons (Fsp3) is 0.682. The van der Waals surface area contributed by atoms with E-state index >= 15 is 0 Å². The van der Waals surface area contributed by atoms with Crippen molar-refractivity contribution in [2.45, 2.75) is 68.4 Å². The summed E-state index contributed by atoms with van der Waals surface area (Å²) in [5.74, 6) is -0.243. The van der Waals surface area contributed by atoms with Gasteiger partial charge in [0, 0.05) is 18.5 Å². The highest BCUT2D eigenvalue weighted by atomic mass is 19.4. The fourth-order valence-electron chi connectivity index (χ4n) is 4.99. The topological polar surface area (TPSA) is 61.8 Å². The molecule has 1 amide bonds. The van der Waals surface area contributed by atoms with Gasteiger partial charge in [0.2, 0.25) is 5.91 Å². The summed E-state index contributed by atoms with van der Waals surface area (Å²) in [5, 5.41) is 12.8. The summed E-state index contributed by atoms with van der Waals surface area (Å²) in [6, 6.07) is 9.90. The Morgan fingerprint density at radius 1 is 1.17 bits per heavy atom. The van der Waals surface area contributed by atoms with E-state index in [1.54, 1.807) is 0 Å². The van der Waals surface area contributed by atoms with Crippen molar-refractivity contribution in [1.82, 2.24) is 10.2 Å². The number of carbonyl (C=O) groups is 1. The zero-order valence-electron chi connectivity index (χ0n) is 17.0. The molecule has 2 aliphatic heterocycles. The number of ether oxygens (including phenoxy) is 1. The van der Waals surface area contributed by atoms with E-state index in [1.807, 2.05) is 18.2 Å². The van der Waals surface area contributed by atoms with Gasteiger partial charge in [-0.3, -0.25) is 9.69 Å². The Labute approximate surface area is 174 Å². The quantitative estimate of drug-likeness (QED) is 0.777. The van der Waals surface area contributed by atoms with Crippen molar-refractivity contribution >= 4 is 5.91 Å². The van der Waals surface area contributed by atoms with Crippen LogP contribution in [0.2, 0.25) is 0 Å².